The Labute approximate surface area is 114 Å². The molecule has 1 saturated carbocycles. The van der Waals surface area contributed by atoms with Crippen LogP contribution in [0.3, 0.4) is 0 Å². The maximum atomic E-state index is 11.3. The van der Waals surface area contributed by atoms with Gasteiger partial charge in [-0.3, -0.25) is 4.79 Å². The lowest BCUT2D eigenvalue weighted by atomic mass is 9.73. The largest absolute Gasteiger partial charge is 0.481 e. The predicted molar refractivity (Wildman–Crippen MR) is 73.4 cm³/mol. The molecule has 0 spiro atoms. The van der Waals surface area contributed by atoms with Crippen LogP contribution in [0.4, 0.5) is 0 Å². The van der Waals surface area contributed by atoms with Gasteiger partial charge in [-0.25, -0.2) is 0 Å². The Morgan fingerprint density at radius 1 is 1.53 bits per heavy atom. The summed E-state index contributed by atoms with van der Waals surface area (Å²) in [7, 11) is 0. The zero-order chi connectivity index (χ0) is 12.4. The van der Waals surface area contributed by atoms with Gasteiger partial charge in [-0.15, -0.1) is 11.3 Å². The molecule has 3 atom stereocenters. The number of aliphatic carboxylic acids is 1. The first-order valence-corrected chi connectivity index (χ1v) is 7.64. The topological polar surface area (TPSA) is 37.3 Å². The van der Waals surface area contributed by atoms with Crippen molar-refractivity contribution >= 4 is 33.2 Å². The van der Waals surface area contributed by atoms with E-state index in [4.69, 9.17) is 0 Å². The Morgan fingerprint density at radius 3 is 2.88 bits per heavy atom. The molecule has 1 N–H and O–H groups in total. The number of carboxylic acid groups (broad SMARTS) is 1. The number of hydrogen-bond donors (Lipinski definition) is 1. The summed E-state index contributed by atoms with van der Waals surface area (Å²) in [6.45, 7) is 2.23. The van der Waals surface area contributed by atoms with E-state index in [1.54, 1.807) is 11.3 Å². The SMILES string of the molecule is CC1CCC(C(=O)O)C(Cc2ccc(Br)s2)C1. The first-order valence-electron chi connectivity index (χ1n) is 6.03. The molecular weight excluding hydrogens is 300 g/mol. The molecule has 0 bridgehead atoms. The average Bonchev–Trinajstić information content (AvgIpc) is 2.63. The van der Waals surface area contributed by atoms with Crippen molar-refractivity contribution in [2.24, 2.45) is 17.8 Å². The van der Waals surface area contributed by atoms with E-state index in [1.807, 2.05) is 6.07 Å². The van der Waals surface area contributed by atoms with Crippen LogP contribution < -0.4 is 0 Å². The van der Waals surface area contributed by atoms with Gasteiger partial charge < -0.3 is 5.11 Å². The van der Waals surface area contributed by atoms with Crippen molar-refractivity contribution in [3.63, 3.8) is 0 Å². The maximum absolute atomic E-state index is 11.3. The molecule has 0 amide bonds. The lowest BCUT2D eigenvalue weighted by Crippen LogP contribution is -2.31. The molecule has 0 saturated heterocycles. The third kappa shape index (κ3) is 3.32. The summed E-state index contributed by atoms with van der Waals surface area (Å²) < 4.78 is 1.13. The monoisotopic (exact) mass is 316 g/mol. The van der Waals surface area contributed by atoms with Gasteiger partial charge in [-0.2, -0.15) is 0 Å². The number of rotatable bonds is 3. The van der Waals surface area contributed by atoms with E-state index >= 15 is 0 Å². The molecule has 17 heavy (non-hydrogen) atoms. The fourth-order valence-corrected chi connectivity index (χ4v) is 4.35. The van der Waals surface area contributed by atoms with E-state index in [9.17, 15) is 9.90 Å². The highest BCUT2D eigenvalue weighted by atomic mass is 79.9. The molecule has 0 aliphatic heterocycles. The van der Waals surface area contributed by atoms with Gasteiger partial charge in [0.25, 0.3) is 0 Å². The first kappa shape index (κ1) is 13.1. The second-order valence-electron chi connectivity index (χ2n) is 5.03. The van der Waals surface area contributed by atoms with E-state index in [-0.39, 0.29) is 5.92 Å². The van der Waals surface area contributed by atoms with Crippen molar-refractivity contribution in [2.75, 3.05) is 0 Å². The molecule has 2 nitrogen and oxygen atoms in total. The van der Waals surface area contributed by atoms with Crippen LogP contribution in [-0.2, 0) is 11.2 Å². The number of carbonyl (C=O) groups is 1. The molecule has 1 aromatic rings. The Balaban J connectivity index is 2.07. The van der Waals surface area contributed by atoms with E-state index in [2.05, 4.69) is 28.9 Å². The van der Waals surface area contributed by atoms with Gasteiger partial charge in [0.15, 0.2) is 0 Å². The second-order valence-corrected chi connectivity index (χ2v) is 7.58. The molecule has 0 radical (unpaired) electrons. The number of hydrogen-bond acceptors (Lipinski definition) is 2. The number of thiophene rings is 1. The summed E-state index contributed by atoms with van der Waals surface area (Å²) in [5, 5.41) is 9.27. The van der Waals surface area contributed by atoms with E-state index in [0.717, 1.165) is 29.5 Å². The molecule has 94 valence electrons. The van der Waals surface area contributed by atoms with Crippen LogP contribution in [0.15, 0.2) is 15.9 Å². The molecule has 3 unspecified atom stereocenters. The number of halogens is 1. The van der Waals surface area contributed by atoms with E-state index in [1.165, 1.54) is 4.88 Å². The predicted octanol–water partition coefficient (Wildman–Crippen LogP) is 4.19. The highest BCUT2D eigenvalue weighted by Crippen LogP contribution is 2.37. The van der Waals surface area contributed by atoms with Crippen LogP contribution in [0.1, 0.15) is 31.1 Å². The minimum absolute atomic E-state index is 0.146. The highest BCUT2D eigenvalue weighted by Gasteiger charge is 2.33. The van der Waals surface area contributed by atoms with Gasteiger partial charge in [-0.1, -0.05) is 6.92 Å². The molecule has 2 rings (SSSR count). The minimum atomic E-state index is -0.613. The highest BCUT2D eigenvalue weighted by molar-refractivity contribution is 9.11. The summed E-state index contributed by atoms with van der Waals surface area (Å²) in [4.78, 5) is 12.6. The summed E-state index contributed by atoms with van der Waals surface area (Å²) in [6, 6.07) is 4.15. The molecule has 1 heterocycles. The fourth-order valence-electron chi connectivity index (χ4n) is 2.77. The zero-order valence-electron chi connectivity index (χ0n) is 9.86. The van der Waals surface area contributed by atoms with Crippen molar-refractivity contribution in [2.45, 2.75) is 32.6 Å². The quantitative estimate of drug-likeness (QED) is 0.907. The van der Waals surface area contributed by atoms with Crippen LogP contribution in [0, 0.1) is 17.8 Å². The van der Waals surface area contributed by atoms with Crippen molar-refractivity contribution in [3.05, 3.63) is 20.8 Å². The molecular formula is C13H17BrO2S. The Morgan fingerprint density at radius 2 is 2.29 bits per heavy atom. The van der Waals surface area contributed by atoms with Crippen LogP contribution in [-0.4, -0.2) is 11.1 Å². The Hall–Kier alpha value is -0.350. The van der Waals surface area contributed by atoms with Gasteiger partial charge in [0.2, 0.25) is 0 Å². The Kier molecular flexibility index (Phi) is 4.26. The second kappa shape index (κ2) is 5.53. The van der Waals surface area contributed by atoms with Crippen molar-refractivity contribution in [1.82, 2.24) is 0 Å². The summed E-state index contributed by atoms with van der Waals surface area (Å²) in [5.74, 6) is 0.213. The molecule has 1 fully saturated rings. The van der Waals surface area contributed by atoms with Crippen molar-refractivity contribution in [1.29, 1.82) is 0 Å². The zero-order valence-corrected chi connectivity index (χ0v) is 12.3. The maximum Gasteiger partial charge on any atom is 0.306 e. The van der Waals surface area contributed by atoms with Crippen LogP contribution >= 0.6 is 27.3 Å². The third-order valence-corrected chi connectivity index (χ3v) is 5.30. The van der Waals surface area contributed by atoms with Gasteiger partial charge in [0.1, 0.15) is 0 Å². The lowest BCUT2D eigenvalue weighted by molar-refractivity contribution is -0.145. The molecule has 1 aromatic heterocycles. The van der Waals surface area contributed by atoms with E-state index < -0.39 is 5.97 Å². The summed E-state index contributed by atoms with van der Waals surface area (Å²) >= 11 is 5.18. The summed E-state index contributed by atoms with van der Waals surface area (Å²) in [6.07, 6.45) is 3.86. The first-order chi connectivity index (χ1) is 8.06. The number of carboxylic acids is 1. The molecule has 4 heteroatoms. The summed E-state index contributed by atoms with van der Waals surface area (Å²) in [5.41, 5.74) is 0. The molecule has 1 aliphatic carbocycles. The van der Waals surface area contributed by atoms with Gasteiger partial charge >= 0.3 is 5.97 Å². The van der Waals surface area contributed by atoms with Crippen LogP contribution in [0.25, 0.3) is 0 Å². The van der Waals surface area contributed by atoms with Crippen molar-refractivity contribution in [3.8, 4) is 0 Å². The van der Waals surface area contributed by atoms with Crippen LogP contribution in [0.5, 0.6) is 0 Å². The van der Waals surface area contributed by atoms with Crippen LogP contribution in [0.2, 0.25) is 0 Å². The standard InChI is InChI=1S/C13H17BrO2S/c1-8-2-4-11(13(15)16)9(6-8)7-10-3-5-12(14)17-10/h3,5,8-9,11H,2,4,6-7H2,1H3,(H,15,16). The van der Waals surface area contributed by atoms with E-state index in [0.29, 0.717) is 11.8 Å². The lowest BCUT2D eigenvalue weighted by Gasteiger charge is -2.32. The van der Waals surface area contributed by atoms with Gasteiger partial charge in [0.05, 0.1) is 9.70 Å². The van der Waals surface area contributed by atoms with Gasteiger partial charge in [0, 0.05) is 4.88 Å². The fraction of sp³-hybridized carbons (Fsp3) is 0.615. The average molecular weight is 317 g/mol. The van der Waals surface area contributed by atoms with Gasteiger partial charge in [-0.05, 0) is 65.6 Å². The Bertz CT molecular complexity index is 402. The third-order valence-electron chi connectivity index (χ3n) is 3.65. The van der Waals surface area contributed by atoms with Crippen molar-refractivity contribution < 1.29 is 9.90 Å². The molecule has 0 aromatic carbocycles. The smallest absolute Gasteiger partial charge is 0.306 e. The minimum Gasteiger partial charge on any atom is -0.481 e. The molecule has 1 aliphatic rings. The normalized spacial score (nSPS) is 29.2.